The van der Waals surface area contributed by atoms with Crippen molar-refractivity contribution in [3.63, 3.8) is 0 Å². The molecule has 9 heteroatoms. The zero-order valence-electron chi connectivity index (χ0n) is 9.71. The number of anilines is 1. The molecule has 0 fully saturated rings. The minimum Gasteiger partial charge on any atom is -0.478 e. The van der Waals surface area contributed by atoms with Gasteiger partial charge in [0.2, 0.25) is 5.91 Å². The first kappa shape index (κ1) is 14.7. The lowest BCUT2D eigenvalue weighted by Crippen LogP contribution is -2.33. The maximum Gasteiger partial charge on any atom is 0.338 e. The molecule has 102 valence electrons. The molecule has 0 heterocycles. The predicted molar refractivity (Wildman–Crippen MR) is 67.3 cm³/mol. The van der Waals surface area contributed by atoms with Gasteiger partial charge in [-0.3, -0.25) is 14.9 Å². The van der Waals surface area contributed by atoms with Crippen molar-refractivity contribution >= 4 is 34.9 Å². The molecule has 1 aromatic rings. The minimum atomic E-state index is -1.41. The van der Waals surface area contributed by atoms with Crippen LogP contribution in [0.2, 0.25) is 5.02 Å². The average molecular weight is 288 g/mol. The molecule has 0 aromatic heterocycles. The van der Waals surface area contributed by atoms with E-state index in [4.69, 9.17) is 22.4 Å². The third kappa shape index (κ3) is 3.32. The van der Waals surface area contributed by atoms with Crippen LogP contribution in [0, 0.1) is 10.1 Å². The number of carbonyl (C=O) groups excluding carboxylic acids is 1. The van der Waals surface area contributed by atoms with E-state index in [9.17, 15) is 19.7 Å². The van der Waals surface area contributed by atoms with E-state index in [1.165, 1.54) is 6.92 Å². The van der Waals surface area contributed by atoms with Gasteiger partial charge in [-0.2, -0.15) is 0 Å². The number of carbonyl (C=O) groups is 2. The van der Waals surface area contributed by atoms with Crippen LogP contribution < -0.4 is 11.1 Å². The third-order valence-electron chi connectivity index (χ3n) is 2.30. The highest BCUT2D eigenvalue weighted by atomic mass is 35.5. The number of halogens is 1. The summed E-state index contributed by atoms with van der Waals surface area (Å²) in [6.07, 6.45) is 0. The van der Waals surface area contributed by atoms with Crippen molar-refractivity contribution < 1.29 is 19.6 Å². The molecule has 4 N–H and O–H groups in total. The van der Waals surface area contributed by atoms with E-state index in [0.29, 0.717) is 0 Å². The summed E-state index contributed by atoms with van der Waals surface area (Å²) in [6.45, 7) is 1.41. The normalized spacial score (nSPS) is 11.7. The maximum absolute atomic E-state index is 11.1. The van der Waals surface area contributed by atoms with E-state index in [1.807, 2.05) is 0 Å². The first-order chi connectivity index (χ1) is 8.73. The Kier molecular flexibility index (Phi) is 4.28. The van der Waals surface area contributed by atoms with Crippen LogP contribution in [0.25, 0.3) is 0 Å². The van der Waals surface area contributed by atoms with Crippen LogP contribution in [0.3, 0.4) is 0 Å². The Balaban J connectivity index is 3.34. The number of nitro groups is 1. The minimum absolute atomic E-state index is 0.0916. The summed E-state index contributed by atoms with van der Waals surface area (Å²) in [5.74, 6) is -2.13. The van der Waals surface area contributed by atoms with Gasteiger partial charge in [-0.15, -0.1) is 0 Å². The summed E-state index contributed by atoms with van der Waals surface area (Å²) in [7, 11) is 0. The number of aromatic carboxylic acids is 1. The second-order valence-corrected chi connectivity index (χ2v) is 4.09. The summed E-state index contributed by atoms with van der Waals surface area (Å²) in [6, 6.07) is 0.964. The molecule has 0 spiro atoms. The van der Waals surface area contributed by atoms with Crippen LogP contribution in [0.1, 0.15) is 17.3 Å². The summed E-state index contributed by atoms with van der Waals surface area (Å²) in [4.78, 5) is 31.9. The number of carboxylic acid groups (broad SMARTS) is 1. The topological polar surface area (TPSA) is 136 Å². The Morgan fingerprint density at radius 3 is 2.53 bits per heavy atom. The van der Waals surface area contributed by atoms with Gasteiger partial charge in [0.25, 0.3) is 5.69 Å². The van der Waals surface area contributed by atoms with E-state index >= 15 is 0 Å². The molecule has 1 unspecified atom stereocenters. The lowest BCUT2D eigenvalue weighted by atomic mass is 10.1. The van der Waals surface area contributed by atoms with E-state index in [1.54, 1.807) is 0 Å². The van der Waals surface area contributed by atoms with Crippen molar-refractivity contribution in [1.29, 1.82) is 0 Å². The molecular formula is C10H10ClN3O5. The van der Waals surface area contributed by atoms with Crippen LogP contribution in [0.15, 0.2) is 12.1 Å². The van der Waals surface area contributed by atoms with Gasteiger partial charge >= 0.3 is 5.97 Å². The fourth-order valence-corrected chi connectivity index (χ4v) is 1.57. The number of rotatable bonds is 5. The average Bonchev–Trinajstić information content (AvgIpc) is 2.30. The van der Waals surface area contributed by atoms with Crippen LogP contribution in [0.5, 0.6) is 0 Å². The highest BCUT2D eigenvalue weighted by molar-refractivity contribution is 6.34. The van der Waals surface area contributed by atoms with Crippen molar-refractivity contribution in [2.75, 3.05) is 5.32 Å². The number of benzene rings is 1. The monoisotopic (exact) mass is 287 g/mol. The molecule has 19 heavy (non-hydrogen) atoms. The second-order valence-electron chi connectivity index (χ2n) is 3.68. The van der Waals surface area contributed by atoms with Crippen molar-refractivity contribution in [2.45, 2.75) is 13.0 Å². The van der Waals surface area contributed by atoms with Gasteiger partial charge in [-0.05, 0) is 6.92 Å². The fraction of sp³-hybridized carbons (Fsp3) is 0.200. The van der Waals surface area contributed by atoms with Crippen molar-refractivity contribution in [3.05, 3.63) is 32.8 Å². The van der Waals surface area contributed by atoms with E-state index < -0.39 is 34.1 Å². The lowest BCUT2D eigenvalue weighted by Gasteiger charge is -2.15. The lowest BCUT2D eigenvalue weighted by molar-refractivity contribution is -0.384. The number of nitro benzene ring substituents is 1. The molecule has 8 nitrogen and oxygen atoms in total. The van der Waals surface area contributed by atoms with Crippen molar-refractivity contribution in [1.82, 2.24) is 0 Å². The number of hydrogen-bond acceptors (Lipinski definition) is 5. The Bertz CT molecular complexity index is 560. The molecule has 0 aliphatic carbocycles. The summed E-state index contributed by atoms with van der Waals surface area (Å²) < 4.78 is 0. The van der Waals surface area contributed by atoms with Gasteiger partial charge in [-0.25, -0.2) is 4.79 Å². The van der Waals surface area contributed by atoms with Crippen LogP contribution >= 0.6 is 11.6 Å². The Morgan fingerprint density at radius 1 is 1.53 bits per heavy atom. The van der Waals surface area contributed by atoms with Gasteiger partial charge in [-0.1, -0.05) is 11.6 Å². The molecule has 0 radical (unpaired) electrons. The largest absolute Gasteiger partial charge is 0.478 e. The van der Waals surface area contributed by atoms with Crippen molar-refractivity contribution in [2.24, 2.45) is 5.73 Å². The summed E-state index contributed by atoms with van der Waals surface area (Å²) in [5, 5.41) is 22.0. The van der Waals surface area contributed by atoms with Gasteiger partial charge in [0.15, 0.2) is 0 Å². The van der Waals surface area contributed by atoms with Gasteiger partial charge in [0.05, 0.1) is 21.2 Å². The Hall–Kier alpha value is -2.35. The quantitative estimate of drug-likeness (QED) is 0.550. The summed E-state index contributed by atoms with van der Waals surface area (Å²) >= 11 is 5.79. The van der Waals surface area contributed by atoms with Crippen LogP contribution in [-0.4, -0.2) is 27.9 Å². The second kappa shape index (κ2) is 5.53. The zero-order chi connectivity index (χ0) is 14.7. The Labute approximate surface area is 112 Å². The van der Waals surface area contributed by atoms with E-state index in [0.717, 1.165) is 12.1 Å². The molecule has 0 aliphatic heterocycles. The molecule has 0 bridgehead atoms. The number of carboxylic acids is 1. The number of hydrogen-bond donors (Lipinski definition) is 3. The Morgan fingerprint density at radius 2 is 2.11 bits per heavy atom. The number of primary amides is 1. The molecule has 0 saturated carbocycles. The smallest absolute Gasteiger partial charge is 0.338 e. The number of nitrogens with one attached hydrogen (secondary N) is 1. The predicted octanol–water partition coefficient (Wildman–Crippen LogP) is 1.23. The molecule has 1 rings (SSSR count). The highest BCUT2D eigenvalue weighted by Crippen LogP contribution is 2.31. The van der Waals surface area contributed by atoms with Gasteiger partial charge in [0, 0.05) is 12.1 Å². The van der Waals surface area contributed by atoms with Gasteiger partial charge in [0.1, 0.15) is 6.04 Å². The molecular weight excluding hydrogens is 278 g/mol. The number of nitrogens with zero attached hydrogens (tertiary/aromatic N) is 1. The number of nitrogens with two attached hydrogens (primary N) is 1. The molecule has 1 amide bonds. The van der Waals surface area contributed by atoms with Crippen LogP contribution in [0.4, 0.5) is 11.4 Å². The maximum atomic E-state index is 11.1. The first-order valence-electron chi connectivity index (χ1n) is 5.01. The molecule has 1 aromatic carbocycles. The molecule has 1 atom stereocenters. The molecule has 0 saturated heterocycles. The van der Waals surface area contributed by atoms with Crippen LogP contribution in [-0.2, 0) is 4.79 Å². The van der Waals surface area contributed by atoms with E-state index in [2.05, 4.69) is 5.32 Å². The van der Waals surface area contributed by atoms with E-state index in [-0.39, 0.29) is 10.7 Å². The summed E-state index contributed by atoms with van der Waals surface area (Å²) in [5.41, 5.74) is 4.08. The zero-order valence-corrected chi connectivity index (χ0v) is 10.5. The molecule has 0 aliphatic rings. The third-order valence-corrected chi connectivity index (χ3v) is 2.60. The standard InChI is InChI=1S/C10H10ClN3O5/c1-4(9(12)15)13-8-6(10(16)17)2-5(14(18)19)3-7(8)11/h2-4,13H,1H3,(H2,12,15)(H,16,17). The van der Waals surface area contributed by atoms with Gasteiger partial charge < -0.3 is 16.2 Å². The first-order valence-corrected chi connectivity index (χ1v) is 5.39. The number of non-ortho nitro benzene ring substituents is 1. The fourth-order valence-electron chi connectivity index (χ4n) is 1.30. The highest BCUT2D eigenvalue weighted by Gasteiger charge is 2.22. The SMILES string of the molecule is CC(Nc1c(Cl)cc([N+](=O)[O-])cc1C(=O)O)C(N)=O. The number of amides is 1. The van der Waals surface area contributed by atoms with Crippen molar-refractivity contribution in [3.8, 4) is 0 Å².